The Morgan fingerprint density at radius 2 is 2.08 bits per heavy atom. The maximum Gasteiger partial charge on any atom is 0.273 e. The minimum atomic E-state index is -2.77. The molecule has 0 atom stereocenters. The Balaban J connectivity index is 1.69. The third-order valence-electron chi connectivity index (χ3n) is 5.10. The van der Waals surface area contributed by atoms with Crippen LogP contribution in [0.4, 0.5) is 17.2 Å². The smallest absolute Gasteiger partial charge is 0.273 e. The summed E-state index contributed by atoms with van der Waals surface area (Å²) in [5.74, 6) is -1.41. The number of rotatable bonds is 9. The summed E-state index contributed by atoms with van der Waals surface area (Å²) in [4.78, 5) is 41.7. The molecule has 36 heavy (non-hydrogen) atoms. The number of methoxy groups -OCH3 is 1. The number of nitrogens with zero attached hydrogens (tertiary/aromatic N) is 4. The van der Waals surface area contributed by atoms with Gasteiger partial charge in [0.1, 0.15) is 16.4 Å². The third-order valence-corrected chi connectivity index (χ3v) is 6.13. The molecule has 184 valence electrons. The van der Waals surface area contributed by atoms with Gasteiger partial charge in [-0.25, -0.2) is 4.98 Å². The summed E-state index contributed by atoms with van der Waals surface area (Å²) >= 11 is 1.08. The number of benzene rings is 1. The van der Waals surface area contributed by atoms with Crippen LogP contribution in [-0.4, -0.2) is 53.5 Å². The number of hydrogen-bond acceptors (Lipinski definition) is 10. The lowest BCUT2D eigenvalue weighted by molar-refractivity contribution is -0.117. The van der Waals surface area contributed by atoms with Crippen molar-refractivity contribution < 1.29 is 23.2 Å². The monoisotopic (exact) mass is 509 g/mol. The molecule has 4 N–H and O–H groups in total. The molecule has 0 spiro atoms. The number of ether oxygens (including phenoxy) is 1. The van der Waals surface area contributed by atoms with E-state index in [1.54, 1.807) is 18.2 Å². The first kappa shape index (κ1) is 20.8. The maximum atomic E-state index is 12.7. The van der Waals surface area contributed by atoms with E-state index in [0.717, 1.165) is 24.2 Å². The van der Waals surface area contributed by atoms with E-state index >= 15 is 0 Å². The van der Waals surface area contributed by atoms with Crippen molar-refractivity contribution in [3.63, 3.8) is 0 Å². The third kappa shape index (κ3) is 5.39. The highest BCUT2D eigenvalue weighted by molar-refractivity contribution is 7.17. The zero-order chi connectivity index (χ0) is 28.2. The molecule has 1 aliphatic rings. The molecule has 0 saturated heterocycles. The van der Waals surface area contributed by atoms with Crippen LogP contribution in [0.1, 0.15) is 37.1 Å². The zero-order valence-electron chi connectivity index (χ0n) is 21.9. The van der Waals surface area contributed by atoms with Crippen LogP contribution in [0.2, 0.25) is 0 Å². The number of para-hydroxylation sites is 1. The van der Waals surface area contributed by atoms with Gasteiger partial charge >= 0.3 is 0 Å². The van der Waals surface area contributed by atoms with Crippen molar-refractivity contribution in [2.24, 2.45) is 5.92 Å². The molecular weight excluding hydrogens is 484 g/mol. The predicted molar refractivity (Wildman–Crippen MR) is 132 cm³/mol. The number of carbonyl (C=O) groups is 3. The molecule has 0 aliphatic heterocycles. The van der Waals surface area contributed by atoms with Crippen molar-refractivity contribution in [3.05, 3.63) is 41.0 Å². The molecule has 2 aromatic heterocycles. The number of hydrogen-bond donors (Lipinski definition) is 4. The Labute approximate surface area is 214 Å². The van der Waals surface area contributed by atoms with E-state index in [1.165, 1.54) is 19.4 Å². The maximum absolute atomic E-state index is 12.7. The van der Waals surface area contributed by atoms with E-state index in [0.29, 0.717) is 26.9 Å². The van der Waals surface area contributed by atoms with Gasteiger partial charge in [-0.3, -0.25) is 14.4 Å². The van der Waals surface area contributed by atoms with Crippen LogP contribution in [-0.2, 0) is 4.79 Å². The molecule has 12 nitrogen and oxygen atoms in total. The van der Waals surface area contributed by atoms with Crippen molar-refractivity contribution in [1.29, 1.82) is 5.26 Å². The average molecular weight is 510 g/mol. The predicted octanol–water partition coefficient (Wildman–Crippen LogP) is 2.31. The molecule has 2 heterocycles. The fourth-order valence-corrected chi connectivity index (χ4v) is 4.08. The second-order valence-corrected chi connectivity index (χ2v) is 8.62. The molecule has 0 radical (unpaired) electrons. The van der Waals surface area contributed by atoms with Crippen molar-refractivity contribution in [2.45, 2.75) is 12.8 Å². The summed E-state index contributed by atoms with van der Waals surface area (Å²) in [6.45, 7) is -2.91. The number of aromatic nitrogens is 3. The van der Waals surface area contributed by atoms with E-state index < -0.39 is 18.8 Å². The highest BCUT2D eigenvalue weighted by Gasteiger charge is 2.30. The average Bonchev–Trinajstić information content (AvgIpc) is 3.63. The highest BCUT2D eigenvalue weighted by atomic mass is 32.1. The van der Waals surface area contributed by atoms with Gasteiger partial charge in [0, 0.05) is 23.1 Å². The van der Waals surface area contributed by atoms with E-state index in [9.17, 15) is 14.4 Å². The Kier molecular flexibility index (Phi) is 6.22. The molecule has 1 aliphatic carbocycles. The number of carbonyl (C=O) groups excluding carboxylic acids is 3. The summed E-state index contributed by atoms with van der Waals surface area (Å²) in [5.41, 5.74) is 0.610. The molecule has 13 heteroatoms. The van der Waals surface area contributed by atoms with Crippen molar-refractivity contribution in [2.75, 3.05) is 31.3 Å². The van der Waals surface area contributed by atoms with Crippen LogP contribution in [0.25, 0.3) is 10.6 Å². The van der Waals surface area contributed by atoms with Gasteiger partial charge in [-0.2, -0.15) is 5.26 Å². The lowest BCUT2D eigenvalue weighted by Crippen LogP contribution is -2.22. The number of anilines is 3. The lowest BCUT2D eigenvalue weighted by Gasteiger charge is -2.16. The number of nitrogens with one attached hydrogen (secondary N) is 4. The van der Waals surface area contributed by atoms with Crippen LogP contribution in [0.5, 0.6) is 5.75 Å². The molecule has 1 fully saturated rings. The van der Waals surface area contributed by atoms with E-state index in [-0.39, 0.29) is 35.6 Å². The SMILES string of the molecule is [2H]C([2H])([2H])NC(=O)c1nnc(NC(=O)C2CC2)cc1Nc1cccc(-c2ncc(C(=O)NCC#N)s2)c1OC. The van der Waals surface area contributed by atoms with Gasteiger partial charge in [0.15, 0.2) is 17.3 Å². The molecule has 4 rings (SSSR count). The first-order valence-corrected chi connectivity index (χ1v) is 11.5. The van der Waals surface area contributed by atoms with Crippen LogP contribution in [0, 0.1) is 17.2 Å². The lowest BCUT2D eigenvalue weighted by atomic mass is 10.1. The van der Waals surface area contributed by atoms with E-state index in [2.05, 4.69) is 31.1 Å². The van der Waals surface area contributed by atoms with E-state index in [1.807, 2.05) is 11.4 Å². The van der Waals surface area contributed by atoms with Crippen molar-refractivity contribution in [3.8, 4) is 22.4 Å². The van der Waals surface area contributed by atoms with Crippen LogP contribution in [0.15, 0.2) is 30.5 Å². The Morgan fingerprint density at radius 1 is 1.25 bits per heavy atom. The van der Waals surface area contributed by atoms with Gasteiger partial charge in [-0.15, -0.1) is 21.5 Å². The zero-order valence-corrected chi connectivity index (χ0v) is 19.7. The number of nitriles is 1. The topological polar surface area (TPSA) is 171 Å². The summed E-state index contributed by atoms with van der Waals surface area (Å²) in [5, 5.41) is 26.9. The number of thiazole rings is 1. The largest absolute Gasteiger partial charge is 0.494 e. The first-order valence-electron chi connectivity index (χ1n) is 12.2. The van der Waals surface area contributed by atoms with Gasteiger partial charge in [-0.1, -0.05) is 6.07 Å². The van der Waals surface area contributed by atoms with Crippen LogP contribution < -0.4 is 26.0 Å². The first-order chi connectivity index (χ1) is 18.6. The molecule has 0 unspecified atom stereocenters. The Morgan fingerprint density at radius 3 is 2.81 bits per heavy atom. The van der Waals surface area contributed by atoms with Crippen LogP contribution >= 0.6 is 11.3 Å². The van der Waals surface area contributed by atoms with Gasteiger partial charge in [-0.05, 0) is 25.0 Å². The summed E-state index contributed by atoms with van der Waals surface area (Å²) < 4.78 is 27.7. The van der Waals surface area contributed by atoms with Gasteiger partial charge in [0.25, 0.3) is 11.8 Å². The fraction of sp³-hybridized carbons (Fsp3) is 0.261. The second kappa shape index (κ2) is 10.8. The van der Waals surface area contributed by atoms with Gasteiger partial charge in [0.05, 0.1) is 36.3 Å². The molecule has 3 amide bonds. The highest BCUT2D eigenvalue weighted by Crippen LogP contribution is 2.40. The number of amides is 3. The van der Waals surface area contributed by atoms with E-state index in [4.69, 9.17) is 14.1 Å². The molecule has 0 bridgehead atoms. The summed E-state index contributed by atoms with van der Waals surface area (Å²) in [6, 6.07) is 8.25. The normalized spacial score (nSPS) is 13.8. The summed E-state index contributed by atoms with van der Waals surface area (Å²) in [7, 11) is 1.42. The minimum absolute atomic E-state index is 0.0593. The Bertz CT molecular complexity index is 1470. The van der Waals surface area contributed by atoms with Crippen molar-refractivity contribution in [1.82, 2.24) is 25.8 Å². The fourth-order valence-electron chi connectivity index (χ4n) is 3.23. The minimum Gasteiger partial charge on any atom is -0.494 e. The van der Waals surface area contributed by atoms with Crippen molar-refractivity contribution >= 4 is 46.3 Å². The van der Waals surface area contributed by atoms with Gasteiger partial charge in [0.2, 0.25) is 5.91 Å². The molecular formula is C23H22N8O4S. The quantitative estimate of drug-likeness (QED) is 0.316. The van der Waals surface area contributed by atoms with Gasteiger partial charge < -0.3 is 26.0 Å². The standard InChI is InChI=1S/C23H22N8O4S/c1-25-22(34)18-15(10-17(30-31-18)29-20(32)12-6-7-12)28-14-5-3-4-13(19(14)35-2)23-27-11-16(36-23)21(33)26-9-8-24/h3-5,10-12H,6-7,9H2,1-2H3,(H,25,34)(H,26,33)(H2,28,29,30,32)/i1D3. The Hall–Kier alpha value is -4.57. The summed E-state index contributed by atoms with van der Waals surface area (Å²) in [6.07, 6.45) is 2.92. The molecule has 3 aromatic rings. The molecule has 1 saturated carbocycles. The van der Waals surface area contributed by atoms with Crippen LogP contribution in [0.3, 0.4) is 0 Å². The second-order valence-electron chi connectivity index (χ2n) is 7.59. The molecule has 1 aromatic carbocycles.